The van der Waals surface area contributed by atoms with E-state index in [2.05, 4.69) is 228 Å². The van der Waals surface area contributed by atoms with Crippen LogP contribution in [0.4, 0.5) is 34.1 Å². The standard InChI is InChI=1S/C55H39N3/c1-55(2)48-24-11-9-21-42(48)43-30-27-40(34-49(43)55)56(39-29-32-51-47(33-39)44-22-10-12-25-50(44)57(51)37-17-5-3-6-18-37)41-28-31-45-46-23-13-15-36-16-14-26-52(54(36)46)58(53(45)35-41)38-19-7-4-8-20-38/h3-35H,1-2H3. The summed E-state index contributed by atoms with van der Waals surface area (Å²) >= 11 is 0. The van der Waals surface area contributed by atoms with E-state index in [1.807, 2.05) is 0 Å². The Bertz CT molecular complexity index is 3260. The molecule has 0 unspecified atom stereocenters. The highest BCUT2D eigenvalue weighted by Gasteiger charge is 2.36. The van der Waals surface area contributed by atoms with E-state index in [4.69, 9.17) is 0 Å². The van der Waals surface area contributed by atoms with Crippen LogP contribution in [0.5, 0.6) is 0 Å². The van der Waals surface area contributed by atoms with Gasteiger partial charge < -0.3 is 14.4 Å². The van der Waals surface area contributed by atoms with E-state index in [-0.39, 0.29) is 5.41 Å². The lowest BCUT2D eigenvalue weighted by atomic mass is 9.82. The first-order valence-electron chi connectivity index (χ1n) is 20.2. The number of anilines is 6. The Hall–Kier alpha value is -7.36. The van der Waals surface area contributed by atoms with Gasteiger partial charge in [0.25, 0.3) is 0 Å². The second-order valence-electron chi connectivity index (χ2n) is 16.2. The first-order chi connectivity index (χ1) is 28.5. The van der Waals surface area contributed by atoms with Crippen LogP contribution >= 0.6 is 0 Å². The van der Waals surface area contributed by atoms with Crippen molar-refractivity contribution in [2.45, 2.75) is 19.3 Å². The van der Waals surface area contributed by atoms with E-state index in [9.17, 15) is 0 Å². The summed E-state index contributed by atoms with van der Waals surface area (Å²) in [5.41, 5.74) is 18.1. The number of hydrogen-bond acceptors (Lipinski definition) is 2. The molecule has 0 saturated carbocycles. The van der Waals surface area contributed by atoms with Gasteiger partial charge in [-0.2, -0.15) is 0 Å². The molecule has 58 heavy (non-hydrogen) atoms. The minimum absolute atomic E-state index is 0.136. The molecule has 0 spiro atoms. The molecular weight excluding hydrogens is 703 g/mol. The third-order valence-electron chi connectivity index (χ3n) is 12.7. The number of benzene rings is 9. The van der Waals surface area contributed by atoms with Crippen LogP contribution in [0.25, 0.3) is 60.5 Å². The van der Waals surface area contributed by atoms with Crippen molar-refractivity contribution >= 4 is 66.7 Å². The second kappa shape index (κ2) is 12.3. The van der Waals surface area contributed by atoms with Crippen LogP contribution in [0.2, 0.25) is 0 Å². The molecule has 2 aliphatic rings. The summed E-state index contributed by atoms with van der Waals surface area (Å²) in [7, 11) is 0. The first kappa shape index (κ1) is 32.8. The summed E-state index contributed by atoms with van der Waals surface area (Å²) in [6, 6.07) is 73.8. The van der Waals surface area contributed by atoms with E-state index in [0.717, 1.165) is 34.1 Å². The summed E-state index contributed by atoms with van der Waals surface area (Å²) in [5, 5.41) is 4.99. The zero-order valence-corrected chi connectivity index (χ0v) is 32.4. The van der Waals surface area contributed by atoms with E-state index in [1.54, 1.807) is 0 Å². The highest BCUT2D eigenvalue weighted by Crippen LogP contribution is 2.54. The molecular formula is C55H39N3. The molecule has 1 aliphatic heterocycles. The Labute approximate surface area is 338 Å². The zero-order chi connectivity index (χ0) is 38.5. The zero-order valence-electron chi connectivity index (χ0n) is 32.4. The number of hydrogen-bond donors (Lipinski definition) is 0. The Morgan fingerprint density at radius 3 is 1.83 bits per heavy atom. The van der Waals surface area contributed by atoms with Gasteiger partial charge in [0.05, 0.1) is 22.4 Å². The number of para-hydroxylation sites is 3. The van der Waals surface area contributed by atoms with Gasteiger partial charge in [-0.05, 0) is 112 Å². The molecule has 3 nitrogen and oxygen atoms in total. The summed E-state index contributed by atoms with van der Waals surface area (Å²) in [4.78, 5) is 4.92. The largest absolute Gasteiger partial charge is 0.310 e. The molecule has 12 rings (SSSR count). The first-order valence-corrected chi connectivity index (χ1v) is 20.2. The molecule has 0 atom stereocenters. The van der Waals surface area contributed by atoms with Crippen molar-refractivity contribution in [1.82, 2.24) is 4.57 Å². The van der Waals surface area contributed by atoms with Crippen LogP contribution in [0.3, 0.4) is 0 Å². The molecule has 0 amide bonds. The third kappa shape index (κ3) is 4.68. The van der Waals surface area contributed by atoms with Crippen LogP contribution in [0.1, 0.15) is 25.0 Å². The van der Waals surface area contributed by atoms with Gasteiger partial charge in [-0.3, -0.25) is 0 Å². The maximum absolute atomic E-state index is 2.47. The van der Waals surface area contributed by atoms with Gasteiger partial charge in [-0.15, -0.1) is 0 Å². The van der Waals surface area contributed by atoms with Crippen molar-refractivity contribution in [3.8, 4) is 27.9 Å². The molecule has 1 aromatic heterocycles. The van der Waals surface area contributed by atoms with Crippen molar-refractivity contribution in [3.05, 3.63) is 211 Å². The Morgan fingerprint density at radius 1 is 0.397 bits per heavy atom. The van der Waals surface area contributed by atoms with Gasteiger partial charge in [0.15, 0.2) is 0 Å². The van der Waals surface area contributed by atoms with Crippen molar-refractivity contribution in [3.63, 3.8) is 0 Å². The molecule has 10 aromatic rings. The molecule has 1 aliphatic carbocycles. The molecule has 0 bridgehead atoms. The Morgan fingerprint density at radius 2 is 1.00 bits per heavy atom. The van der Waals surface area contributed by atoms with Gasteiger partial charge in [0, 0.05) is 55.6 Å². The molecule has 274 valence electrons. The lowest BCUT2D eigenvalue weighted by Crippen LogP contribution is -2.18. The smallest absolute Gasteiger partial charge is 0.0561 e. The summed E-state index contributed by atoms with van der Waals surface area (Å²) in [5.74, 6) is 0. The molecule has 0 saturated heterocycles. The minimum Gasteiger partial charge on any atom is -0.310 e. The normalized spacial score (nSPS) is 13.4. The van der Waals surface area contributed by atoms with Gasteiger partial charge in [0.2, 0.25) is 0 Å². The average Bonchev–Trinajstić information content (AvgIpc) is 3.72. The van der Waals surface area contributed by atoms with Gasteiger partial charge in [0.1, 0.15) is 0 Å². The van der Waals surface area contributed by atoms with Crippen LogP contribution < -0.4 is 9.80 Å². The minimum atomic E-state index is -0.136. The summed E-state index contributed by atoms with van der Waals surface area (Å²) in [6.45, 7) is 4.73. The fourth-order valence-electron chi connectivity index (χ4n) is 10.0. The second-order valence-corrected chi connectivity index (χ2v) is 16.2. The molecule has 0 fully saturated rings. The summed E-state index contributed by atoms with van der Waals surface area (Å²) < 4.78 is 2.39. The van der Waals surface area contributed by atoms with Crippen LogP contribution in [0.15, 0.2) is 200 Å². The third-order valence-corrected chi connectivity index (χ3v) is 12.7. The molecule has 3 heteroatoms. The lowest BCUT2D eigenvalue weighted by molar-refractivity contribution is 0.660. The van der Waals surface area contributed by atoms with Crippen LogP contribution in [-0.4, -0.2) is 4.57 Å². The van der Waals surface area contributed by atoms with E-state index < -0.39 is 0 Å². The highest BCUT2D eigenvalue weighted by atomic mass is 15.2. The predicted octanol–water partition coefficient (Wildman–Crippen LogP) is 15.2. The Kier molecular flexibility index (Phi) is 6.98. The van der Waals surface area contributed by atoms with Crippen molar-refractivity contribution in [2.24, 2.45) is 0 Å². The monoisotopic (exact) mass is 741 g/mol. The maximum atomic E-state index is 2.47. The van der Waals surface area contributed by atoms with Crippen LogP contribution in [0, 0.1) is 0 Å². The average molecular weight is 742 g/mol. The molecule has 0 radical (unpaired) electrons. The van der Waals surface area contributed by atoms with Gasteiger partial charge >= 0.3 is 0 Å². The van der Waals surface area contributed by atoms with E-state index >= 15 is 0 Å². The van der Waals surface area contributed by atoms with Crippen molar-refractivity contribution in [1.29, 1.82) is 0 Å². The van der Waals surface area contributed by atoms with Gasteiger partial charge in [-0.25, -0.2) is 0 Å². The van der Waals surface area contributed by atoms with Gasteiger partial charge in [-0.1, -0.05) is 135 Å². The predicted molar refractivity (Wildman–Crippen MR) is 244 cm³/mol. The number of fused-ring (bicyclic) bond motifs is 8. The lowest BCUT2D eigenvalue weighted by Gasteiger charge is -2.35. The molecule has 2 heterocycles. The Balaban J connectivity index is 1.12. The maximum Gasteiger partial charge on any atom is 0.0561 e. The number of aromatic nitrogens is 1. The molecule has 9 aromatic carbocycles. The number of rotatable bonds is 5. The summed E-state index contributed by atoms with van der Waals surface area (Å²) in [6.07, 6.45) is 0. The fourth-order valence-corrected chi connectivity index (χ4v) is 10.0. The molecule has 0 N–H and O–H groups in total. The number of nitrogens with zero attached hydrogens (tertiary/aromatic N) is 3. The SMILES string of the molecule is CC1(C)c2ccccc2-c2ccc(N(c3ccc4c(c3)N(c3ccccc3)c3cccc5cccc-4c35)c3ccc4c(c3)c3ccccc3n4-c3ccccc3)cc21. The van der Waals surface area contributed by atoms with E-state index in [0.29, 0.717) is 0 Å². The quantitative estimate of drug-likeness (QED) is 0.174. The highest BCUT2D eigenvalue weighted by molar-refractivity contribution is 6.15. The van der Waals surface area contributed by atoms with Crippen molar-refractivity contribution < 1.29 is 0 Å². The topological polar surface area (TPSA) is 11.4 Å². The van der Waals surface area contributed by atoms with Crippen LogP contribution in [-0.2, 0) is 5.41 Å². The fraction of sp³-hybridized carbons (Fsp3) is 0.0545. The van der Waals surface area contributed by atoms with Crippen molar-refractivity contribution in [2.75, 3.05) is 9.80 Å². The van der Waals surface area contributed by atoms with E-state index in [1.165, 1.54) is 71.6 Å².